The van der Waals surface area contributed by atoms with Crippen LogP contribution in [0.1, 0.15) is 5.56 Å². The molecule has 0 spiro atoms. The van der Waals surface area contributed by atoms with Crippen LogP contribution < -0.4 is 10.1 Å². The van der Waals surface area contributed by atoms with Crippen molar-refractivity contribution < 1.29 is 4.74 Å². The third-order valence-corrected chi connectivity index (χ3v) is 2.70. The normalized spacial score (nSPS) is 10.6. The number of nitrogens with zero attached hydrogens (tertiary/aromatic N) is 1. The lowest BCUT2D eigenvalue weighted by atomic mass is 10.2. The minimum atomic E-state index is 0.751. The fourth-order valence-corrected chi connectivity index (χ4v) is 1.68. The zero-order valence-corrected chi connectivity index (χ0v) is 11.0. The van der Waals surface area contributed by atoms with Crippen molar-refractivity contribution in [1.82, 2.24) is 0 Å². The average Bonchev–Trinajstić information content (AvgIpc) is 2.49. The molecule has 0 heterocycles. The minimum Gasteiger partial charge on any atom is -0.497 e. The predicted molar refractivity (Wildman–Crippen MR) is 80.4 cm³/mol. The van der Waals surface area contributed by atoms with Gasteiger partial charge in [0, 0.05) is 18.4 Å². The van der Waals surface area contributed by atoms with Crippen LogP contribution in [0.2, 0.25) is 0 Å². The Morgan fingerprint density at radius 1 is 1.05 bits per heavy atom. The van der Waals surface area contributed by atoms with Crippen LogP contribution in [-0.4, -0.2) is 26.4 Å². The number of methoxy groups -OCH3 is 1. The highest BCUT2D eigenvalue weighted by Gasteiger charge is 1.92. The molecule has 0 radical (unpaired) electrons. The van der Waals surface area contributed by atoms with E-state index in [1.807, 2.05) is 60.8 Å². The molecule has 0 saturated carbocycles. The van der Waals surface area contributed by atoms with E-state index in [1.54, 1.807) is 7.11 Å². The number of aliphatic imine (C=N–C) groups is 1. The lowest BCUT2D eigenvalue weighted by Gasteiger charge is -2.05. The molecule has 0 unspecified atom stereocenters. The maximum Gasteiger partial charge on any atom is 0.119 e. The van der Waals surface area contributed by atoms with Crippen LogP contribution >= 0.6 is 0 Å². The summed E-state index contributed by atoms with van der Waals surface area (Å²) in [5, 5.41) is 3.31. The summed E-state index contributed by atoms with van der Waals surface area (Å²) in [7, 11) is 1.67. The van der Waals surface area contributed by atoms with Gasteiger partial charge in [-0.3, -0.25) is 4.99 Å². The van der Waals surface area contributed by atoms with Gasteiger partial charge in [0.2, 0.25) is 0 Å². The number of benzene rings is 2. The van der Waals surface area contributed by atoms with Crippen molar-refractivity contribution in [2.75, 3.05) is 25.5 Å². The maximum atomic E-state index is 5.11. The van der Waals surface area contributed by atoms with E-state index in [-0.39, 0.29) is 0 Å². The first-order chi connectivity index (χ1) is 9.38. The van der Waals surface area contributed by atoms with Gasteiger partial charge >= 0.3 is 0 Å². The number of hydrogen-bond donors (Lipinski definition) is 1. The SMILES string of the molecule is COc1ccc(NCCN=Cc2ccccc2)cc1. The van der Waals surface area contributed by atoms with Gasteiger partial charge in [-0.15, -0.1) is 0 Å². The molecule has 0 fully saturated rings. The molecule has 0 bridgehead atoms. The predicted octanol–water partition coefficient (Wildman–Crippen LogP) is 3.23. The van der Waals surface area contributed by atoms with Crippen LogP contribution in [0.3, 0.4) is 0 Å². The van der Waals surface area contributed by atoms with Gasteiger partial charge in [-0.2, -0.15) is 0 Å². The first-order valence-corrected chi connectivity index (χ1v) is 6.31. The second-order valence-corrected chi connectivity index (χ2v) is 4.10. The van der Waals surface area contributed by atoms with Crippen LogP contribution in [0.4, 0.5) is 5.69 Å². The summed E-state index contributed by atoms with van der Waals surface area (Å²) in [5.74, 6) is 0.868. The summed E-state index contributed by atoms with van der Waals surface area (Å²) in [6, 6.07) is 18.0. The van der Waals surface area contributed by atoms with E-state index in [9.17, 15) is 0 Å². The van der Waals surface area contributed by atoms with Crippen LogP contribution in [-0.2, 0) is 0 Å². The maximum absolute atomic E-state index is 5.11. The van der Waals surface area contributed by atoms with E-state index in [0.29, 0.717) is 0 Å². The molecule has 0 aliphatic heterocycles. The summed E-state index contributed by atoms with van der Waals surface area (Å²) >= 11 is 0. The van der Waals surface area contributed by atoms with E-state index < -0.39 is 0 Å². The molecule has 0 aliphatic rings. The summed E-state index contributed by atoms with van der Waals surface area (Å²) in [4.78, 5) is 4.38. The molecular formula is C16H18N2O. The van der Waals surface area contributed by atoms with Crippen LogP contribution in [0.15, 0.2) is 59.6 Å². The molecule has 98 valence electrons. The minimum absolute atomic E-state index is 0.751. The first-order valence-electron chi connectivity index (χ1n) is 6.31. The Morgan fingerprint density at radius 3 is 2.47 bits per heavy atom. The molecule has 0 atom stereocenters. The Bertz CT molecular complexity index is 506. The third-order valence-electron chi connectivity index (χ3n) is 2.70. The van der Waals surface area contributed by atoms with Gasteiger partial charge in [0.15, 0.2) is 0 Å². The summed E-state index contributed by atoms with van der Waals surface area (Å²) in [6.07, 6.45) is 1.90. The number of rotatable bonds is 6. The zero-order chi connectivity index (χ0) is 13.3. The zero-order valence-electron chi connectivity index (χ0n) is 11.0. The fourth-order valence-electron chi connectivity index (χ4n) is 1.68. The standard InChI is InChI=1S/C16H18N2O/c1-19-16-9-7-15(8-10-16)18-12-11-17-13-14-5-3-2-4-6-14/h2-10,13,18H,11-12H2,1H3. The van der Waals surface area contributed by atoms with Crippen LogP contribution in [0.25, 0.3) is 0 Å². The largest absolute Gasteiger partial charge is 0.497 e. The van der Waals surface area contributed by atoms with Gasteiger partial charge in [-0.25, -0.2) is 0 Å². The van der Waals surface area contributed by atoms with Crippen LogP contribution in [0, 0.1) is 0 Å². The highest BCUT2D eigenvalue weighted by Crippen LogP contribution is 2.14. The molecule has 3 heteroatoms. The van der Waals surface area contributed by atoms with Crippen molar-refractivity contribution in [2.45, 2.75) is 0 Å². The number of hydrogen-bond acceptors (Lipinski definition) is 3. The van der Waals surface area contributed by atoms with Crippen molar-refractivity contribution in [1.29, 1.82) is 0 Å². The topological polar surface area (TPSA) is 33.6 Å². The molecule has 0 amide bonds. The summed E-state index contributed by atoms with van der Waals surface area (Å²) < 4.78 is 5.11. The lowest BCUT2D eigenvalue weighted by Crippen LogP contribution is -2.04. The molecule has 0 aliphatic carbocycles. The second-order valence-electron chi connectivity index (χ2n) is 4.10. The number of anilines is 1. The molecule has 0 aromatic heterocycles. The Kier molecular flexibility index (Phi) is 4.99. The monoisotopic (exact) mass is 254 g/mol. The van der Waals surface area contributed by atoms with E-state index >= 15 is 0 Å². The summed E-state index contributed by atoms with van der Waals surface area (Å²) in [6.45, 7) is 1.57. The van der Waals surface area contributed by atoms with Crippen molar-refractivity contribution in [3.8, 4) is 5.75 Å². The van der Waals surface area contributed by atoms with Crippen molar-refractivity contribution in [2.24, 2.45) is 4.99 Å². The second kappa shape index (κ2) is 7.21. The fraction of sp³-hybridized carbons (Fsp3) is 0.188. The van der Waals surface area contributed by atoms with Gasteiger partial charge in [-0.05, 0) is 29.8 Å². The molecule has 2 aromatic rings. The molecule has 2 rings (SSSR count). The van der Waals surface area contributed by atoms with E-state index in [0.717, 1.165) is 30.1 Å². The molecule has 1 N–H and O–H groups in total. The first kappa shape index (κ1) is 13.1. The quantitative estimate of drug-likeness (QED) is 0.634. The van der Waals surface area contributed by atoms with E-state index in [2.05, 4.69) is 10.3 Å². The number of ether oxygens (including phenoxy) is 1. The van der Waals surface area contributed by atoms with Gasteiger partial charge in [0.25, 0.3) is 0 Å². The van der Waals surface area contributed by atoms with E-state index in [4.69, 9.17) is 4.74 Å². The van der Waals surface area contributed by atoms with Crippen LogP contribution in [0.5, 0.6) is 5.75 Å². The lowest BCUT2D eigenvalue weighted by molar-refractivity contribution is 0.415. The molecular weight excluding hydrogens is 236 g/mol. The van der Waals surface area contributed by atoms with Gasteiger partial charge < -0.3 is 10.1 Å². The van der Waals surface area contributed by atoms with E-state index in [1.165, 1.54) is 0 Å². The molecule has 0 saturated heterocycles. The molecule has 2 aromatic carbocycles. The summed E-state index contributed by atoms with van der Waals surface area (Å²) in [5.41, 5.74) is 2.21. The Labute approximate surface area is 114 Å². The van der Waals surface area contributed by atoms with Gasteiger partial charge in [0.1, 0.15) is 5.75 Å². The Morgan fingerprint density at radius 2 is 1.79 bits per heavy atom. The highest BCUT2D eigenvalue weighted by atomic mass is 16.5. The Hall–Kier alpha value is -2.29. The Balaban J connectivity index is 1.73. The number of nitrogens with one attached hydrogen (secondary N) is 1. The van der Waals surface area contributed by atoms with Crippen molar-refractivity contribution >= 4 is 11.9 Å². The average molecular weight is 254 g/mol. The van der Waals surface area contributed by atoms with Crippen molar-refractivity contribution in [3.63, 3.8) is 0 Å². The third kappa shape index (κ3) is 4.47. The van der Waals surface area contributed by atoms with Gasteiger partial charge in [0.05, 0.1) is 13.7 Å². The highest BCUT2D eigenvalue weighted by molar-refractivity contribution is 5.79. The van der Waals surface area contributed by atoms with Gasteiger partial charge in [-0.1, -0.05) is 30.3 Å². The molecule has 19 heavy (non-hydrogen) atoms. The van der Waals surface area contributed by atoms with Crippen molar-refractivity contribution in [3.05, 3.63) is 60.2 Å². The molecule has 3 nitrogen and oxygen atoms in total. The smallest absolute Gasteiger partial charge is 0.119 e.